The zero-order valence-electron chi connectivity index (χ0n) is 9.52. The van der Waals surface area contributed by atoms with Crippen LogP contribution in [0.1, 0.15) is 0 Å². The molecule has 0 radical (unpaired) electrons. The first-order chi connectivity index (χ1) is 8.66. The van der Waals surface area contributed by atoms with Crippen molar-refractivity contribution < 1.29 is 191 Å². The van der Waals surface area contributed by atoms with E-state index in [0.717, 1.165) is 0 Å². The van der Waals surface area contributed by atoms with Gasteiger partial charge in [0.1, 0.15) is 0 Å². The van der Waals surface area contributed by atoms with Gasteiger partial charge in [0, 0.05) is 0 Å². The van der Waals surface area contributed by atoms with Gasteiger partial charge in [0.05, 0.1) is 0 Å². The molecule has 0 atom stereocenters. The summed E-state index contributed by atoms with van der Waals surface area (Å²) in [6.07, 6.45) is 0. The summed E-state index contributed by atoms with van der Waals surface area (Å²) in [7, 11) is 0. The molecule has 0 spiro atoms. The summed E-state index contributed by atoms with van der Waals surface area (Å²) in [6, 6.07) is 0. The van der Waals surface area contributed by atoms with Gasteiger partial charge < -0.3 is 0 Å². The van der Waals surface area contributed by atoms with E-state index >= 15 is 0 Å². The minimum atomic E-state index is -4.08. The average molecular weight is 718 g/mol. The Morgan fingerprint density at radius 2 is 0.333 bits per heavy atom. The van der Waals surface area contributed by atoms with Crippen molar-refractivity contribution in [3.8, 4) is 0 Å². The minimum absolute atomic E-state index is 0. The van der Waals surface area contributed by atoms with Crippen LogP contribution in [0.25, 0.3) is 0 Å². The summed E-state index contributed by atoms with van der Waals surface area (Å²) in [5.41, 5.74) is 0. The van der Waals surface area contributed by atoms with E-state index in [0.29, 0.717) is 0 Å². The Labute approximate surface area is 232 Å². The fraction of sp³-hybridized carbons (Fsp3) is 0. The van der Waals surface area contributed by atoms with E-state index in [1.54, 1.807) is 0 Å². The van der Waals surface area contributed by atoms with Crippen LogP contribution in [0.5, 0.6) is 0 Å². The molecule has 0 rings (SSSR count). The fourth-order valence-electron chi connectivity index (χ4n) is 0. The van der Waals surface area contributed by atoms with Crippen LogP contribution in [0.2, 0.25) is 0 Å². The van der Waals surface area contributed by atoms with Gasteiger partial charge in [-0.2, -0.15) is 0 Å². The molecule has 24 heteroatoms. The Morgan fingerprint density at radius 3 is 0.333 bits per heavy atom. The molecule has 24 heavy (non-hydrogen) atoms. The molecule has 0 aromatic rings. The molecule has 0 heterocycles. The van der Waals surface area contributed by atoms with E-state index in [9.17, 15) is 0 Å². The summed E-state index contributed by atoms with van der Waals surface area (Å²) in [6.45, 7) is 0. The van der Waals surface area contributed by atoms with Gasteiger partial charge in [-0.1, -0.05) is 0 Å². The average Bonchev–Trinajstić information content (AvgIpc) is 1.94. The maximum absolute atomic E-state index is 8.58. The van der Waals surface area contributed by atoms with Crippen LogP contribution in [0.3, 0.4) is 0 Å². The van der Waals surface area contributed by atoms with E-state index in [2.05, 4.69) is 0 Å². The Morgan fingerprint density at radius 1 is 0.333 bits per heavy atom. The molecule has 15 nitrogen and oxygen atoms in total. The monoisotopic (exact) mass is 717 g/mol. The molecular formula is H4Mg2Nb2O15Ti5. The molecule has 0 N–H and O–H groups in total. The molecule has 0 saturated carbocycles. The van der Waals surface area contributed by atoms with Crippen molar-refractivity contribution in [1.29, 1.82) is 0 Å². The molecule has 0 aromatic heterocycles. The first-order valence-corrected chi connectivity index (χ1v) is 12.6. The third-order valence-electron chi connectivity index (χ3n) is 0. The molecule has 0 aliphatic carbocycles. The van der Waals surface area contributed by atoms with E-state index < -0.39 is 93.1 Å². The Kier molecular flexibility index (Phi) is 121. The van der Waals surface area contributed by atoms with E-state index in [4.69, 9.17) is 53.5 Å². The van der Waals surface area contributed by atoms with Gasteiger partial charge in [0.15, 0.2) is 0 Å². The summed E-state index contributed by atoms with van der Waals surface area (Å²) in [5.74, 6) is 0. The number of hydrogen-bond donors (Lipinski definition) is 0. The van der Waals surface area contributed by atoms with Crippen LogP contribution in [-0.4, -0.2) is 46.1 Å². The van der Waals surface area contributed by atoms with Crippen molar-refractivity contribution in [3.63, 3.8) is 0 Å². The van der Waals surface area contributed by atoms with Crippen molar-refractivity contribution in [2.45, 2.75) is 0 Å². The molecule has 0 fully saturated rings. The van der Waals surface area contributed by atoms with Gasteiger partial charge in [-0.25, -0.2) is 0 Å². The van der Waals surface area contributed by atoms with Crippen LogP contribution in [0, 0.1) is 0 Å². The Balaban J connectivity index is -0.0000000161. The normalized spacial score (nSPS) is 5.42. The molecule has 0 aliphatic rings. The van der Waals surface area contributed by atoms with Crippen molar-refractivity contribution in [1.82, 2.24) is 0 Å². The summed E-state index contributed by atoms with van der Waals surface area (Å²) in [5, 5.41) is 0. The zero-order valence-corrected chi connectivity index (χ0v) is 21.7. The van der Waals surface area contributed by atoms with Gasteiger partial charge in [-0.05, 0) is 0 Å². The first-order valence-electron chi connectivity index (χ1n) is 3.06. The van der Waals surface area contributed by atoms with Gasteiger partial charge in [-0.15, -0.1) is 0 Å². The fourth-order valence-corrected chi connectivity index (χ4v) is 0. The Hall–Kier alpha value is 5.18. The van der Waals surface area contributed by atoms with Crippen LogP contribution in [0.4, 0.5) is 0 Å². The van der Waals surface area contributed by atoms with E-state index in [-0.39, 0.29) is 90.9 Å². The molecule has 0 amide bonds. The standard InChI is InChI=1S/2Mg.2Nb.15O.5Ti.4H/q;;2*+5;;;;;;10*-1;;;;;;;;;. The third kappa shape index (κ3) is 693. The molecule has 128 valence electrons. The Bertz CT molecular complexity index is 221. The van der Waals surface area contributed by atoms with Crippen molar-refractivity contribution >= 4 is 46.1 Å². The van der Waals surface area contributed by atoms with Crippen LogP contribution in [-0.2, 0) is 154 Å². The summed E-state index contributed by atoms with van der Waals surface area (Å²) < 4.78 is 129. The van der Waals surface area contributed by atoms with Gasteiger partial charge in [0.25, 0.3) is 0 Å². The van der Waals surface area contributed by atoms with E-state index in [1.165, 1.54) is 0 Å². The molecule has 0 bridgehead atoms. The third-order valence-corrected chi connectivity index (χ3v) is 0. The molecule has 0 aliphatic heterocycles. The van der Waals surface area contributed by atoms with Gasteiger partial charge >= 0.3 is 237 Å². The van der Waals surface area contributed by atoms with Crippen LogP contribution in [0.15, 0.2) is 0 Å². The number of rotatable bonds is 0. The SMILES string of the molecule is [MgH2].[MgH2].[Nb+5].[Nb+5].[O]=[Ti]([O-])[O-].[O]=[Ti]([O-])[O-].[O]=[Ti]([O-])[O-].[O]=[Ti]([O-])[O-].[O]=[Ti]([O-])[O-]. The second kappa shape index (κ2) is 51.1. The molecule has 0 aromatic carbocycles. The van der Waals surface area contributed by atoms with Crippen molar-refractivity contribution in [3.05, 3.63) is 0 Å². The van der Waals surface area contributed by atoms with E-state index in [1.807, 2.05) is 0 Å². The predicted octanol–water partition coefficient (Wildman–Crippen LogP) is -14.3. The topological polar surface area (TPSA) is 316 Å². The predicted molar refractivity (Wildman–Crippen MR) is 20.5 cm³/mol. The van der Waals surface area contributed by atoms with Crippen molar-refractivity contribution in [2.75, 3.05) is 0 Å². The van der Waals surface area contributed by atoms with Gasteiger partial charge in [-0.3, -0.25) is 0 Å². The second-order valence-corrected chi connectivity index (χ2v) is 5.15. The molecule has 0 saturated heterocycles. The number of hydrogen-bond acceptors (Lipinski definition) is 15. The van der Waals surface area contributed by atoms with Crippen LogP contribution >= 0.6 is 0 Å². The quantitative estimate of drug-likeness (QED) is 0.210. The summed E-state index contributed by atoms with van der Waals surface area (Å²) >= 11 is -20.4. The summed E-state index contributed by atoms with van der Waals surface area (Å²) in [4.78, 5) is 0. The first kappa shape index (κ1) is 56.9. The van der Waals surface area contributed by atoms with Gasteiger partial charge in [0.2, 0.25) is 0 Å². The second-order valence-electron chi connectivity index (χ2n) is 1.25. The maximum atomic E-state index is 8.58. The van der Waals surface area contributed by atoms with Crippen molar-refractivity contribution in [2.24, 2.45) is 0 Å². The molecule has 0 unspecified atom stereocenters. The zero-order chi connectivity index (χ0) is 17.9. The molecular weight excluding hydrogens is 714 g/mol. The van der Waals surface area contributed by atoms with Crippen LogP contribution < -0.4 is 36.9 Å².